The second-order valence-corrected chi connectivity index (χ2v) is 5.24. The monoisotopic (exact) mass is 247 g/mol. The van der Waals surface area contributed by atoms with E-state index in [0.717, 1.165) is 0 Å². The highest BCUT2D eigenvalue weighted by Gasteiger charge is 2.24. The van der Waals surface area contributed by atoms with Gasteiger partial charge in [-0.15, -0.1) is 4.83 Å². The van der Waals surface area contributed by atoms with Crippen molar-refractivity contribution in [3.05, 3.63) is 11.4 Å². The molecule has 0 aliphatic carbocycles. The summed E-state index contributed by atoms with van der Waals surface area (Å²) in [6, 6.07) is 0. The van der Waals surface area contributed by atoms with Gasteiger partial charge in [0.05, 0.1) is 11.4 Å². The van der Waals surface area contributed by atoms with E-state index in [1.54, 1.807) is 28.1 Å². The van der Waals surface area contributed by atoms with Crippen LogP contribution in [0.3, 0.4) is 0 Å². The van der Waals surface area contributed by atoms with Crippen molar-refractivity contribution in [1.29, 1.82) is 0 Å². The third-order valence-electron chi connectivity index (χ3n) is 1.88. The van der Waals surface area contributed by atoms with Crippen LogP contribution in [0.25, 0.3) is 0 Å². The highest BCUT2D eigenvalue weighted by atomic mass is 32.2. The highest BCUT2D eigenvalue weighted by molar-refractivity contribution is 7.89. The number of hydrogen-bond donors (Lipinski definition) is 3. The van der Waals surface area contributed by atoms with Crippen molar-refractivity contribution in [3.8, 4) is 0 Å². The Morgan fingerprint density at radius 1 is 1.44 bits per heavy atom. The summed E-state index contributed by atoms with van der Waals surface area (Å²) in [5.74, 6) is 0. The van der Waals surface area contributed by atoms with Crippen LogP contribution in [0.5, 0.6) is 0 Å². The summed E-state index contributed by atoms with van der Waals surface area (Å²) in [6.45, 7) is 2.07. The first-order chi connectivity index (χ1) is 7.38. The lowest BCUT2D eigenvalue weighted by Gasteiger charge is -2.12. The molecule has 16 heavy (non-hydrogen) atoms. The second-order valence-electron chi connectivity index (χ2n) is 3.64. The molecule has 1 heterocycles. The SMILES string of the molecule is CNCc1n[nH]c(C)c1S(=O)(=O)NN(C)C. The van der Waals surface area contributed by atoms with Crippen molar-refractivity contribution >= 4 is 10.0 Å². The van der Waals surface area contributed by atoms with Crippen molar-refractivity contribution in [2.75, 3.05) is 21.1 Å². The Morgan fingerprint density at radius 2 is 2.06 bits per heavy atom. The molecule has 0 fully saturated rings. The maximum atomic E-state index is 12.0. The minimum atomic E-state index is -3.56. The van der Waals surface area contributed by atoms with E-state index in [1.807, 2.05) is 0 Å². The largest absolute Gasteiger partial charge is 0.314 e. The summed E-state index contributed by atoms with van der Waals surface area (Å²) in [4.78, 5) is 2.58. The fourth-order valence-electron chi connectivity index (χ4n) is 1.40. The molecule has 1 aromatic heterocycles. The van der Waals surface area contributed by atoms with Gasteiger partial charge in [0.1, 0.15) is 4.90 Å². The van der Waals surface area contributed by atoms with Crippen LogP contribution in [0.2, 0.25) is 0 Å². The lowest BCUT2D eigenvalue weighted by molar-refractivity contribution is 0.363. The van der Waals surface area contributed by atoms with Gasteiger partial charge < -0.3 is 5.32 Å². The number of hydrazine groups is 1. The first-order valence-corrected chi connectivity index (χ1v) is 6.25. The van der Waals surface area contributed by atoms with Gasteiger partial charge in [0.15, 0.2) is 0 Å². The Balaban J connectivity index is 3.15. The van der Waals surface area contributed by atoms with E-state index in [0.29, 0.717) is 17.9 Å². The molecule has 0 unspecified atom stereocenters. The van der Waals surface area contributed by atoms with Gasteiger partial charge in [-0.3, -0.25) is 5.10 Å². The lowest BCUT2D eigenvalue weighted by atomic mass is 10.4. The fraction of sp³-hybridized carbons (Fsp3) is 0.625. The van der Waals surface area contributed by atoms with E-state index in [-0.39, 0.29) is 4.90 Å². The number of nitrogens with one attached hydrogen (secondary N) is 3. The molecule has 0 radical (unpaired) electrons. The topological polar surface area (TPSA) is 90.1 Å². The Bertz CT molecular complexity index is 451. The zero-order chi connectivity index (χ0) is 12.3. The van der Waals surface area contributed by atoms with Crippen molar-refractivity contribution in [2.45, 2.75) is 18.4 Å². The lowest BCUT2D eigenvalue weighted by Crippen LogP contribution is -2.36. The number of nitrogens with zero attached hydrogens (tertiary/aromatic N) is 2. The molecule has 0 saturated carbocycles. The summed E-state index contributed by atoms with van der Waals surface area (Å²) in [7, 11) is 1.41. The van der Waals surface area contributed by atoms with E-state index >= 15 is 0 Å². The number of H-pyrrole nitrogens is 1. The molecular formula is C8H17N5O2S. The van der Waals surface area contributed by atoms with Crippen LogP contribution >= 0.6 is 0 Å². The number of aryl methyl sites for hydroxylation is 1. The van der Waals surface area contributed by atoms with Gasteiger partial charge in [0.2, 0.25) is 0 Å². The van der Waals surface area contributed by atoms with Gasteiger partial charge >= 0.3 is 0 Å². The molecule has 3 N–H and O–H groups in total. The fourth-order valence-corrected chi connectivity index (χ4v) is 2.85. The third-order valence-corrected chi connectivity index (χ3v) is 3.56. The quantitative estimate of drug-likeness (QED) is 0.592. The number of aromatic amines is 1. The van der Waals surface area contributed by atoms with Gasteiger partial charge in [0.25, 0.3) is 10.0 Å². The Kier molecular flexibility index (Phi) is 4.03. The second kappa shape index (κ2) is 4.91. The van der Waals surface area contributed by atoms with Crippen LogP contribution in [0.1, 0.15) is 11.4 Å². The molecule has 0 atom stereocenters. The van der Waals surface area contributed by atoms with Crippen molar-refractivity contribution in [2.24, 2.45) is 0 Å². The molecule has 0 bridgehead atoms. The van der Waals surface area contributed by atoms with Crippen LogP contribution < -0.4 is 10.1 Å². The number of rotatable bonds is 5. The van der Waals surface area contributed by atoms with Gasteiger partial charge in [-0.05, 0) is 14.0 Å². The van der Waals surface area contributed by atoms with E-state index in [2.05, 4.69) is 20.3 Å². The molecule has 0 aromatic carbocycles. The Morgan fingerprint density at radius 3 is 2.56 bits per heavy atom. The van der Waals surface area contributed by atoms with Crippen molar-refractivity contribution < 1.29 is 8.42 Å². The van der Waals surface area contributed by atoms with E-state index < -0.39 is 10.0 Å². The smallest absolute Gasteiger partial charge is 0.257 e. The van der Waals surface area contributed by atoms with Gasteiger partial charge in [-0.2, -0.15) is 5.10 Å². The van der Waals surface area contributed by atoms with Gasteiger partial charge in [-0.1, -0.05) is 0 Å². The average Bonchev–Trinajstić information content (AvgIpc) is 2.46. The summed E-state index contributed by atoms with van der Waals surface area (Å²) >= 11 is 0. The summed E-state index contributed by atoms with van der Waals surface area (Å²) in [6.07, 6.45) is 0. The van der Waals surface area contributed by atoms with Crippen molar-refractivity contribution in [3.63, 3.8) is 0 Å². The number of aromatic nitrogens is 2. The molecule has 1 aromatic rings. The maximum Gasteiger partial charge on any atom is 0.257 e. The molecule has 8 heteroatoms. The van der Waals surface area contributed by atoms with E-state index in [4.69, 9.17) is 0 Å². The molecular weight excluding hydrogens is 230 g/mol. The van der Waals surface area contributed by atoms with Gasteiger partial charge in [0, 0.05) is 20.6 Å². The molecule has 7 nitrogen and oxygen atoms in total. The molecule has 0 spiro atoms. The summed E-state index contributed by atoms with van der Waals surface area (Å²) < 4.78 is 24.0. The minimum Gasteiger partial charge on any atom is -0.314 e. The zero-order valence-corrected chi connectivity index (χ0v) is 10.6. The number of hydrogen-bond acceptors (Lipinski definition) is 5. The first kappa shape index (κ1) is 13.1. The molecule has 0 saturated heterocycles. The molecule has 0 aliphatic heterocycles. The highest BCUT2D eigenvalue weighted by Crippen LogP contribution is 2.17. The molecule has 0 aliphatic rings. The summed E-state index contributed by atoms with van der Waals surface area (Å²) in [5, 5.41) is 10.9. The van der Waals surface area contributed by atoms with Crippen LogP contribution in [0, 0.1) is 6.92 Å². The molecule has 92 valence electrons. The average molecular weight is 247 g/mol. The van der Waals surface area contributed by atoms with Crippen molar-refractivity contribution in [1.82, 2.24) is 25.4 Å². The third kappa shape index (κ3) is 2.79. The predicted octanol–water partition coefficient (Wildman–Crippen LogP) is -0.808. The Labute approximate surface area is 95.2 Å². The zero-order valence-electron chi connectivity index (χ0n) is 9.83. The van der Waals surface area contributed by atoms with Crippen LogP contribution in [-0.2, 0) is 16.6 Å². The standard InChI is InChI=1S/C8H17N5O2S/c1-6-8(7(5-9-2)11-10-6)16(14,15)12-13(3)4/h9,12H,5H2,1-4H3,(H,10,11). The maximum absolute atomic E-state index is 12.0. The summed E-state index contributed by atoms with van der Waals surface area (Å²) in [5.41, 5.74) is 1.01. The molecule has 0 amide bonds. The number of sulfonamides is 1. The Hall–Kier alpha value is -0.960. The predicted molar refractivity (Wildman–Crippen MR) is 60.1 cm³/mol. The first-order valence-electron chi connectivity index (χ1n) is 4.76. The van der Waals surface area contributed by atoms with E-state index in [9.17, 15) is 8.42 Å². The van der Waals surface area contributed by atoms with Crippen LogP contribution in [0.4, 0.5) is 0 Å². The van der Waals surface area contributed by atoms with Crippen LogP contribution in [-0.4, -0.2) is 44.8 Å². The molecule has 1 rings (SSSR count). The normalized spacial score (nSPS) is 12.3. The van der Waals surface area contributed by atoms with E-state index in [1.165, 1.54) is 5.01 Å². The van der Waals surface area contributed by atoms with Crippen LogP contribution in [0.15, 0.2) is 4.90 Å². The van der Waals surface area contributed by atoms with Gasteiger partial charge in [-0.25, -0.2) is 13.4 Å². The minimum absolute atomic E-state index is 0.204.